The van der Waals surface area contributed by atoms with Crippen LogP contribution in [0.3, 0.4) is 0 Å². The molecule has 0 aromatic carbocycles. The number of methoxy groups -OCH3 is 1. The molecule has 0 radical (unpaired) electrons. The molecule has 0 bridgehead atoms. The summed E-state index contributed by atoms with van der Waals surface area (Å²) >= 11 is 3.86. The first-order chi connectivity index (χ1) is 5.24. The summed E-state index contributed by atoms with van der Waals surface area (Å²) in [4.78, 5) is 18.2. The van der Waals surface area contributed by atoms with Gasteiger partial charge in [0.25, 0.3) is 0 Å². The highest BCUT2D eigenvalue weighted by Gasteiger charge is 2.04. The molecule has 0 saturated heterocycles. The van der Waals surface area contributed by atoms with Gasteiger partial charge in [-0.25, -0.2) is 14.8 Å². The predicted octanol–water partition coefficient (Wildman–Crippen LogP) is 0.552. The SMILES string of the molecule is COC(=O)c1cnc(S)nc1. The molecule has 0 amide bonds. The van der Waals surface area contributed by atoms with Crippen LogP contribution in [0.4, 0.5) is 0 Å². The highest BCUT2D eigenvalue weighted by Crippen LogP contribution is 1.99. The molecule has 1 aromatic heterocycles. The Bertz CT molecular complexity index is 260. The van der Waals surface area contributed by atoms with Crippen LogP contribution < -0.4 is 0 Å². The molecule has 1 rings (SSSR count). The van der Waals surface area contributed by atoms with Gasteiger partial charge in [-0.2, -0.15) is 0 Å². The average Bonchev–Trinajstić information content (AvgIpc) is 2.05. The number of carbonyl (C=O) groups excluding carboxylic acids is 1. The normalized spacial score (nSPS) is 9.27. The summed E-state index contributed by atoms with van der Waals surface area (Å²) in [6.07, 6.45) is 2.72. The van der Waals surface area contributed by atoms with Crippen molar-refractivity contribution in [2.45, 2.75) is 5.16 Å². The van der Waals surface area contributed by atoms with Gasteiger partial charge in [-0.15, -0.1) is 12.6 Å². The zero-order valence-corrected chi connectivity index (χ0v) is 6.71. The Morgan fingerprint density at radius 2 is 2.09 bits per heavy atom. The second-order valence-electron chi connectivity index (χ2n) is 1.76. The Morgan fingerprint density at radius 3 is 2.55 bits per heavy atom. The Balaban J connectivity index is 2.90. The second-order valence-corrected chi connectivity index (χ2v) is 2.16. The Kier molecular flexibility index (Phi) is 2.43. The summed E-state index contributed by atoms with van der Waals surface area (Å²) in [7, 11) is 1.30. The molecule has 0 aliphatic heterocycles. The fraction of sp³-hybridized carbons (Fsp3) is 0.167. The van der Waals surface area contributed by atoms with E-state index in [1.807, 2.05) is 0 Å². The van der Waals surface area contributed by atoms with Crippen molar-refractivity contribution in [2.75, 3.05) is 7.11 Å². The molecular weight excluding hydrogens is 164 g/mol. The summed E-state index contributed by atoms with van der Waals surface area (Å²) in [5, 5.41) is 0.331. The molecule has 0 fully saturated rings. The third-order valence-electron chi connectivity index (χ3n) is 1.06. The van der Waals surface area contributed by atoms with Crippen molar-refractivity contribution < 1.29 is 9.53 Å². The van der Waals surface area contributed by atoms with Gasteiger partial charge >= 0.3 is 5.97 Å². The molecule has 0 unspecified atom stereocenters. The maximum atomic E-state index is 10.8. The number of hydrogen-bond acceptors (Lipinski definition) is 5. The quantitative estimate of drug-likeness (QED) is 0.380. The van der Waals surface area contributed by atoms with E-state index in [9.17, 15) is 4.79 Å². The molecule has 1 heterocycles. The minimum Gasteiger partial charge on any atom is -0.465 e. The molecule has 1 aromatic rings. The van der Waals surface area contributed by atoms with Gasteiger partial charge in [0.2, 0.25) is 0 Å². The molecule has 0 atom stereocenters. The van der Waals surface area contributed by atoms with E-state index in [-0.39, 0.29) is 0 Å². The van der Waals surface area contributed by atoms with Gasteiger partial charge < -0.3 is 4.74 Å². The summed E-state index contributed by atoms with van der Waals surface area (Å²) in [5.74, 6) is -0.446. The van der Waals surface area contributed by atoms with E-state index in [0.29, 0.717) is 10.7 Å². The topological polar surface area (TPSA) is 52.1 Å². The lowest BCUT2D eigenvalue weighted by Crippen LogP contribution is -2.02. The van der Waals surface area contributed by atoms with E-state index < -0.39 is 5.97 Å². The molecule has 0 saturated carbocycles. The highest BCUT2D eigenvalue weighted by molar-refractivity contribution is 7.80. The molecule has 0 N–H and O–H groups in total. The van der Waals surface area contributed by atoms with Crippen molar-refractivity contribution in [3.8, 4) is 0 Å². The van der Waals surface area contributed by atoms with Gasteiger partial charge in [-0.05, 0) is 0 Å². The van der Waals surface area contributed by atoms with Gasteiger partial charge in [0.05, 0.1) is 12.7 Å². The molecule has 4 nitrogen and oxygen atoms in total. The van der Waals surface area contributed by atoms with Gasteiger partial charge in [0.15, 0.2) is 5.16 Å². The van der Waals surface area contributed by atoms with Crippen LogP contribution in [0.1, 0.15) is 10.4 Å². The summed E-state index contributed by atoms with van der Waals surface area (Å²) in [5.41, 5.74) is 0.324. The number of carbonyl (C=O) groups is 1. The number of esters is 1. The van der Waals surface area contributed by atoms with E-state index in [2.05, 4.69) is 27.3 Å². The van der Waals surface area contributed by atoms with Crippen LogP contribution in [-0.4, -0.2) is 23.0 Å². The maximum absolute atomic E-state index is 10.8. The Labute approximate surface area is 69.0 Å². The van der Waals surface area contributed by atoms with E-state index in [4.69, 9.17) is 0 Å². The fourth-order valence-electron chi connectivity index (χ4n) is 0.544. The molecule has 58 valence electrons. The van der Waals surface area contributed by atoms with Crippen molar-refractivity contribution in [1.29, 1.82) is 0 Å². The van der Waals surface area contributed by atoms with Crippen LogP contribution in [0, 0.1) is 0 Å². The van der Waals surface area contributed by atoms with E-state index in [1.54, 1.807) is 0 Å². The van der Waals surface area contributed by atoms with Crippen molar-refractivity contribution >= 4 is 18.6 Å². The van der Waals surface area contributed by atoms with Crippen LogP contribution >= 0.6 is 12.6 Å². The van der Waals surface area contributed by atoms with Crippen molar-refractivity contribution in [3.05, 3.63) is 18.0 Å². The van der Waals surface area contributed by atoms with Crippen LogP contribution in [0.2, 0.25) is 0 Å². The minimum absolute atomic E-state index is 0.324. The first-order valence-electron chi connectivity index (χ1n) is 2.83. The van der Waals surface area contributed by atoms with Crippen LogP contribution in [-0.2, 0) is 4.74 Å². The first kappa shape index (κ1) is 8.00. The number of ether oxygens (including phenoxy) is 1. The predicted molar refractivity (Wildman–Crippen MR) is 40.6 cm³/mol. The standard InChI is InChI=1S/C6H6N2O2S/c1-10-5(9)4-2-7-6(11)8-3-4/h2-3H,1H3,(H,7,8,11). The third-order valence-corrected chi connectivity index (χ3v) is 1.29. The number of hydrogen-bond donors (Lipinski definition) is 1. The second kappa shape index (κ2) is 3.34. The Morgan fingerprint density at radius 1 is 1.55 bits per heavy atom. The summed E-state index contributed by atoms with van der Waals surface area (Å²) in [6.45, 7) is 0. The molecule has 0 aliphatic rings. The zero-order valence-electron chi connectivity index (χ0n) is 5.81. The smallest absolute Gasteiger partial charge is 0.341 e. The summed E-state index contributed by atoms with van der Waals surface area (Å²) in [6, 6.07) is 0. The molecule has 11 heavy (non-hydrogen) atoms. The van der Waals surface area contributed by atoms with Gasteiger partial charge in [0.1, 0.15) is 0 Å². The van der Waals surface area contributed by atoms with Gasteiger partial charge in [0, 0.05) is 12.4 Å². The largest absolute Gasteiger partial charge is 0.465 e. The van der Waals surface area contributed by atoms with Crippen molar-refractivity contribution in [1.82, 2.24) is 9.97 Å². The zero-order chi connectivity index (χ0) is 8.27. The van der Waals surface area contributed by atoms with Crippen molar-refractivity contribution in [2.24, 2.45) is 0 Å². The maximum Gasteiger partial charge on any atom is 0.341 e. The number of aromatic nitrogens is 2. The lowest BCUT2D eigenvalue weighted by atomic mass is 10.4. The molecule has 0 spiro atoms. The lowest BCUT2D eigenvalue weighted by Gasteiger charge is -1.96. The lowest BCUT2D eigenvalue weighted by molar-refractivity contribution is 0.0599. The van der Waals surface area contributed by atoms with Crippen LogP contribution in [0.15, 0.2) is 17.6 Å². The monoisotopic (exact) mass is 170 g/mol. The van der Waals surface area contributed by atoms with Crippen LogP contribution in [0.25, 0.3) is 0 Å². The van der Waals surface area contributed by atoms with Gasteiger partial charge in [-0.3, -0.25) is 0 Å². The summed E-state index contributed by atoms with van der Waals surface area (Å²) < 4.78 is 4.43. The number of rotatable bonds is 1. The highest BCUT2D eigenvalue weighted by atomic mass is 32.1. The number of thiol groups is 1. The number of nitrogens with zero attached hydrogens (tertiary/aromatic N) is 2. The third kappa shape index (κ3) is 1.91. The first-order valence-corrected chi connectivity index (χ1v) is 3.28. The fourth-order valence-corrected chi connectivity index (χ4v) is 0.660. The van der Waals surface area contributed by atoms with E-state index in [1.165, 1.54) is 19.5 Å². The minimum atomic E-state index is -0.446. The molecule has 5 heteroatoms. The molecule has 0 aliphatic carbocycles. The van der Waals surface area contributed by atoms with Crippen LogP contribution in [0.5, 0.6) is 0 Å². The Hall–Kier alpha value is -1.10. The van der Waals surface area contributed by atoms with E-state index in [0.717, 1.165) is 0 Å². The van der Waals surface area contributed by atoms with E-state index >= 15 is 0 Å². The average molecular weight is 170 g/mol. The van der Waals surface area contributed by atoms with Gasteiger partial charge in [-0.1, -0.05) is 0 Å². The molecular formula is C6H6N2O2S. The van der Waals surface area contributed by atoms with Crippen molar-refractivity contribution in [3.63, 3.8) is 0 Å².